The number of rotatable bonds is 2. The number of amides is 1. The Balaban J connectivity index is 2.58. The normalized spacial score (nSPS) is 22.4. The number of ether oxygens (including phenoxy) is 1. The van der Waals surface area contributed by atoms with Crippen LogP contribution in [-0.4, -0.2) is 46.8 Å². The summed E-state index contributed by atoms with van der Waals surface area (Å²) in [7, 11) is 0. The van der Waals surface area contributed by atoms with Gasteiger partial charge >= 0.3 is 12.1 Å². The van der Waals surface area contributed by atoms with Crippen molar-refractivity contribution in [3.8, 4) is 0 Å². The number of carboxylic acids is 1. The standard InChI is InChI=1S/C12H22N2O4/c1-12(2,3)18-11(17)14-6-4-5-8(7-14)9(13)10(15)16/h8-9H,4-7,13H2,1-3H3,(H,15,16). The first-order chi connectivity index (χ1) is 8.20. The molecular weight excluding hydrogens is 236 g/mol. The van der Waals surface area contributed by atoms with Crippen LogP contribution in [0.4, 0.5) is 4.79 Å². The fourth-order valence-electron chi connectivity index (χ4n) is 2.00. The lowest BCUT2D eigenvalue weighted by Crippen LogP contribution is -2.49. The van der Waals surface area contributed by atoms with Crippen molar-refractivity contribution in [2.75, 3.05) is 13.1 Å². The molecule has 0 aromatic carbocycles. The number of carboxylic acid groups (broad SMARTS) is 1. The van der Waals surface area contributed by atoms with Gasteiger partial charge in [0.25, 0.3) is 0 Å². The van der Waals surface area contributed by atoms with Gasteiger partial charge in [-0.3, -0.25) is 4.79 Å². The maximum Gasteiger partial charge on any atom is 0.410 e. The maximum absolute atomic E-state index is 11.9. The second-order valence-electron chi connectivity index (χ2n) is 5.69. The van der Waals surface area contributed by atoms with Gasteiger partial charge in [-0.15, -0.1) is 0 Å². The number of carbonyl (C=O) groups excluding carboxylic acids is 1. The zero-order chi connectivity index (χ0) is 13.9. The molecule has 1 fully saturated rings. The summed E-state index contributed by atoms with van der Waals surface area (Å²) in [5, 5.41) is 8.89. The van der Waals surface area contributed by atoms with E-state index in [1.54, 1.807) is 25.7 Å². The second-order valence-corrected chi connectivity index (χ2v) is 5.69. The molecule has 1 saturated heterocycles. The molecule has 0 saturated carbocycles. The molecule has 3 N–H and O–H groups in total. The summed E-state index contributed by atoms with van der Waals surface area (Å²) in [5.74, 6) is -1.23. The van der Waals surface area contributed by atoms with Crippen molar-refractivity contribution in [1.82, 2.24) is 4.90 Å². The Hall–Kier alpha value is -1.30. The quantitative estimate of drug-likeness (QED) is 0.772. The van der Waals surface area contributed by atoms with E-state index in [1.807, 2.05) is 0 Å². The van der Waals surface area contributed by atoms with Gasteiger partial charge in [-0.2, -0.15) is 0 Å². The first-order valence-electron chi connectivity index (χ1n) is 6.17. The number of nitrogens with two attached hydrogens (primary N) is 1. The van der Waals surface area contributed by atoms with E-state index in [9.17, 15) is 9.59 Å². The molecule has 18 heavy (non-hydrogen) atoms. The zero-order valence-corrected chi connectivity index (χ0v) is 11.2. The average Bonchev–Trinajstić information content (AvgIpc) is 2.25. The van der Waals surface area contributed by atoms with Gasteiger partial charge in [-0.25, -0.2) is 4.79 Å². The fourth-order valence-corrected chi connectivity index (χ4v) is 2.00. The van der Waals surface area contributed by atoms with Crippen molar-refractivity contribution in [2.24, 2.45) is 11.7 Å². The highest BCUT2D eigenvalue weighted by atomic mass is 16.6. The lowest BCUT2D eigenvalue weighted by atomic mass is 9.91. The van der Waals surface area contributed by atoms with Gasteiger partial charge in [0, 0.05) is 19.0 Å². The minimum Gasteiger partial charge on any atom is -0.480 e. The third-order valence-electron chi connectivity index (χ3n) is 2.90. The Bertz CT molecular complexity index is 325. The Morgan fingerprint density at radius 1 is 1.44 bits per heavy atom. The van der Waals surface area contributed by atoms with Gasteiger partial charge in [-0.05, 0) is 33.6 Å². The molecule has 6 nitrogen and oxygen atoms in total. The molecule has 6 heteroatoms. The van der Waals surface area contributed by atoms with Gasteiger partial charge in [0.15, 0.2) is 0 Å². The number of aliphatic carboxylic acids is 1. The highest BCUT2D eigenvalue weighted by molar-refractivity contribution is 5.74. The molecule has 104 valence electrons. The van der Waals surface area contributed by atoms with Crippen molar-refractivity contribution in [2.45, 2.75) is 45.3 Å². The molecule has 1 aliphatic heterocycles. The van der Waals surface area contributed by atoms with E-state index in [-0.39, 0.29) is 5.92 Å². The molecule has 0 bridgehead atoms. The number of piperidine rings is 1. The Labute approximate surface area is 107 Å². The minimum absolute atomic E-state index is 0.205. The summed E-state index contributed by atoms with van der Waals surface area (Å²) >= 11 is 0. The van der Waals surface area contributed by atoms with Crippen molar-refractivity contribution in [1.29, 1.82) is 0 Å². The van der Waals surface area contributed by atoms with E-state index < -0.39 is 23.7 Å². The number of likely N-dealkylation sites (tertiary alicyclic amines) is 1. The monoisotopic (exact) mass is 258 g/mol. The van der Waals surface area contributed by atoms with Crippen LogP contribution in [0.15, 0.2) is 0 Å². The zero-order valence-electron chi connectivity index (χ0n) is 11.2. The van der Waals surface area contributed by atoms with E-state index in [0.29, 0.717) is 13.1 Å². The van der Waals surface area contributed by atoms with Crippen LogP contribution >= 0.6 is 0 Å². The lowest BCUT2D eigenvalue weighted by molar-refractivity contribution is -0.140. The summed E-state index contributed by atoms with van der Waals surface area (Å²) in [6.45, 7) is 6.35. The van der Waals surface area contributed by atoms with Crippen molar-refractivity contribution < 1.29 is 19.4 Å². The molecule has 0 aromatic heterocycles. The predicted molar refractivity (Wildman–Crippen MR) is 66.1 cm³/mol. The third kappa shape index (κ3) is 4.18. The minimum atomic E-state index is -1.02. The van der Waals surface area contributed by atoms with Gasteiger partial charge in [0.05, 0.1) is 0 Å². The first-order valence-corrected chi connectivity index (χ1v) is 6.17. The summed E-state index contributed by atoms with van der Waals surface area (Å²) in [6, 6.07) is -0.921. The van der Waals surface area contributed by atoms with E-state index in [0.717, 1.165) is 12.8 Å². The molecule has 2 atom stereocenters. The molecule has 1 heterocycles. The Kier molecular flexibility index (Phi) is 4.56. The summed E-state index contributed by atoms with van der Waals surface area (Å²) in [4.78, 5) is 24.3. The van der Waals surface area contributed by atoms with Crippen LogP contribution in [0.1, 0.15) is 33.6 Å². The van der Waals surface area contributed by atoms with E-state index in [1.165, 1.54) is 0 Å². The van der Waals surface area contributed by atoms with E-state index in [2.05, 4.69) is 0 Å². The smallest absolute Gasteiger partial charge is 0.410 e. The number of hydrogen-bond donors (Lipinski definition) is 2. The van der Waals surface area contributed by atoms with Crippen molar-refractivity contribution in [3.63, 3.8) is 0 Å². The molecular formula is C12H22N2O4. The van der Waals surface area contributed by atoms with E-state index in [4.69, 9.17) is 15.6 Å². The lowest BCUT2D eigenvalue weighted by Gasteiger charge is -2.35. The van der Waals surface area contributed by atoms with Gasteiger partial charge < -0.3 is 20.5 Å². The van der Waals surface area contributed by atoms with Crippen LogP contribution in [0.3, 0.4) is 0 Å². The van der Waals surface area contributed by atoms with E-state index >= 15 is 0 Å². The molecule has 1 amide bonds. The Morgan fingerprint density at radius 3 is 2.56 bits per heavy atom. The van der Waals surface area contributed by atoms with Gasteiger partial charge in [-0.1, -0.05) is 0 Å². The molecule has 0 radical (unpaired) electrons. The number of carbonyl (C=O) groups is 2. The molecule has 0 spiro atoms. The highest BCUT2D eigenvalue weighted by Gasteiger charge is 2.32. The van der Waals surface area contributed by atoms with Crippen LogP contribution < -0.4 is 5.73 Å². The number of hydrogen-bond acceptors (Lipinski definition) is 4. The first kappa shape index (κ1) is 14.8. The van der Waals surface area contributed by atoms with Gasteiger partial charge in [0.2, 0.25) is 0 Å². The summed E-state index contributed by atoms with van der Waals surface area (Å²) in [6.07, 6.45) is 1.09. The maximum atomic E-state index is 11.9. The predicted octanol–water partition coefficient (Wildman–Crippen LogP) is 1.05. The largest absolute Gasteiger partial charge is 0.480 e. The number of nitrogens with zero attached hydrogens (tertiary/aromatic N) is 1. The average molecular weight is 258 g/mol. The Morgan fingerprint density at radius 2 is 2.06 bits per heavy atom. The van der Waals surface area contributed by atoms with Crippen LogP contribution in [0.2, 0.25) is 0 Å². The van der Waals surface area contributed by atoms with Crippen LogP contribution in [0.25, 0.3) is 0 Å². The third-order valence-corrected chi connectivity index (χ3v) is 2.90. The van der Waals surface area contributed by atoms with Crippen LogP contribution in [-0.2, 0) is 9.53 Å². The van der Waals surface area contributed by atoms with Gasteiger partial charge in [0.1, 0.15) is 11.6 Å². The summed E-state index contributed by atoms with van der Waals surface area (Å²) in [5.41, 5.74) is 5.06. The molecule has 0 aromatic rings. The second kappa shape index (κ2) is 5.56. The van der Waals surface area contributed by atoms with Crippen LogP contribution in [0.5, 0.6) is 0 Å². The molecule has 2 unspecified atom stereocenters. The molecule has 1 aliphatic rings. The fraction of sp³-hybridized carbons (Fsp3) is 0.833. The van der Waals surface area contributed by atoms with Crippen LogP contribution in [0, 0.1) is 5.92 Å². The topological polar surface area (TPSA) is 92.9 Å². The molecule has 1 rings (SSSR count). The SMILES string of the molecule is CC(C)(C)OC(=O)N1CCCC(C(N)C(=O)O)C1. The summed E-state index contributed by atoms with van der Waals surface area (Å²) < 4.78 is 5.26. The highest BCUT2D eigenvalue weighted by Crippen LogP contribution is 2.21. The van der Waals surface area contributed by atoms with Crippen molar-refractivity contribution in [3.05, 3.63) is 0 Å². The van der Waals surface area contributed by atoms with Crippen molar-refractivity contribution >= 4 is 12.1 Å². The molecule has 0 aliphatic carbocycles.